The van der Waals surface area contributed by atoms with E-state index in [4.69, 9.17) is 9.16 Å². The van der Waals surface area contributed by atoms with Gasteiger partial charge in [-0.1, -0.05) is 26.8 Å². The molecule has 0 saturated heterocycles. The Labute approximate surface area is 183 Å². The van der Waals surface area contributed by atoms with E-state index in [0.717, 1.165) is 30.9 Å². The van der Waals surface area contributed by atoms with Gasteiger partial charge >= 0.3 is 0 Å². The second-order valence-corrected chi connectivity index (χ2v) is 18.0. The summed E-state index contributed by atoms with van der Waals surface area (Å²) in [5.74, 6) is 1.65. The maximum absolute atomic E-state index is 12.1. The molecule has 0 saturated carbocycles. The molecule has 1 aromatic carbocycles. The summed E-state index contributed by atoms with van der Waals surface area (Å²) in [6, 6.07) is 6.28. The van der Waals surface area contributed by atoms with Crippen molar-refractivity contribution in [2.75, 3.05) is 6.54 Å². The normalized spacial score (nSPS) is 14.6. The fourth-order valence-corrected chi connectivity index (χ4v) is 4.09. The molecule has 1 aromatic rings. The SMILES string of the molecule is CC(C)(C)Oc1cc(CCCN[S+]([O-])C(C)(C)C)ccc1O[Si](C)(C)C(C)(C)C. The number of aryl methyl sites for hydroxylation is 1. The van der Waals surface area contributed by atoms with Crippen LogP contribution in [0, 0.1) is 0 Å². The maximum atomic E-state index is 12.1. The van der Waals surface area contributed by atoms with Crippen molar-refractivity contribution in [1.82, 2.24) is 4.72 Å². The molecule has 168 valence electrons. The van der Waals surface area contributed by atoms with Crippen LogP contribution >= 0.6 is 0 Å². The lowest BCUT2D eigenvalue weighted by Crippen LogP contribution is -2.44. The summed E-state index contributed by atoms with van der Waals surface area (Å²) in [6.45, 7) is 24.1. The number of rotatable bonds is 8. The number of hydrogen-bond donors (Lipinski definition) is 1. The maximum Gasteiger partial charge on any atom is 0.250 e. The number of nitrogens with one attached hydrogen (secondary N) is 1. The van der Waals surface area contributed by atoms with Gasteiger partial charge in [0.2, 0.25) is 0 Å². The van der Waals surface area contributed by atoms with E-state index in [9.17, 15) is 4.55 Å². The van der Waals surface area contributed by atoms with Crippen LogP contribution in [-0.2, 0) is 17.8 Å². The standard InChI is InChI=1S/C23H43NO3SSi/c1-21(2,3)26-20-17-18(13-12-16-24-28(25)22(4,5)6)14-15-19(20)27-29(10,11)23(7,8)9/h14-15,17,24H,12-13,16H2,1-11H3. The Balaban J connectivity index is 2.91. The van der Waals surface area contributed by atoms with Crippen LogP contribution in [0.3, 0.4) is 0 Å². The third-order valence-electron chi connectivity index (χ3n) is 5.03. The van der Waals surface area contributed by atoms with Crippen molar-refractivity contribution in [2.24, 2.45) is 0 Å². The van der Waals surface area contributed by atoms with Crippen molar-refractivity contribution in [2.45, 2.75) is 104 Å². The van der Waals surface area contributed by atoms with Gasteiger partial charge in [0.05, 0.1) is 0 Å². The van der Waals surface area contributed by atoms with Crippen LogP contribution in [0.4, 0.5) is 0 Å². The first kappa shape index (κ1) is 26.3. The molecule has 0 bridgehead atoms. The van der Waals surface area contributed by atoms with E-state index < -0.39 is 19.7 Å². The predicted molar refractivity (Wildman–Crippen MR) is 129 cm³/mol. The molecule has 0 radical (unpaired) electrons. The fraction of sp³-hybridized carbons (Fsp3) is 0.739. The lowest BCUT2D eigenvalue weighted by molar-refractivity contribution is 0.127. The van der Waals surface area contributed by atoms with Crippen molar-refractivity contribution < 1.29 is 13.7 Å². The molecule has 0 aliphatic rings. The highest BCUT2D eigenvalue weighted by molar-refractivity contribution is 7.90. The van der Waals surface area contributed by atoms with Crippen LogP contribution < -0.4 is 13.9 Å². The lowest BCUT2D eigenvalue weighted by Gasteiger charge is -2.37. The molecule has 6 heteroatoms. The molecule has 0 amide bonds. The average molecular weight is 442 g/mol. The van der Waals surface area contributed by atoms with Crippen LogP contribution in [0.25, 0.3) is 0 Å². The highest BCUT2D eigenvalue weighted by Gasteiger charge is 2.39. The van der Waals surface area contributed by atoms with Gasteiger partial charge in [-0.05, 0) is 90.2 Å². The number of hydrogen-bond acceptors (Lipinski definition) is 4. The predicted octanol–water partition coefficient (Wildman–Crippen LogP) is 6.23. The smallest absolute Gasteiger partial charge is 0.250 e. The van der Waals surface area contributed by atoms with Crippen LogP contribution in [0.15, 0.2) is 18.2 Å². The minimum atomic E-state index is -1.96. The Hall–Kier alpha value is -0.693. The molecule has 0 aliphatic heterocycles. The topological polar surface area (TPSA) is 53.5 Å². The molecule has 1 rings (SSSR count). The highest BCUT2D eigenvalue weighted by atomic mass is 32.2. The molecular formula is C23H43NO3SSi. The van der Waals surface area contributed by atoms with Crippen LogP contribution in [0.5, 0.6) is 11.5 Å². The van der Waals surface area contributed by atoms with Crippen LogP contribution in [0.2, 0.25) is 18.1 Å². The molecule has 29 heavy (non-hydrogen) atoms. The van der Waals surface area contributed by atoms with Crippen molar-refractivity contribution in [1.29, 1.82) is 0 Å². The van der Waals surface area contributed by atoms with E-state index in [2.05, 4.69) is 77.6 Å². The molecule has 0 fully saturated rings. The Morgan fingerprint density at radius 1 is 0.966 bits per heavy atom. The summed E-state index contributed by atoms with van der Waals surface area (Å²) >= 11 is -1.03. The number of benzene rings is 1. The molecule has 1 N–H and O–H groups in total. The van der Waals surface area contributed by atoms with Gasteiger partial charge in [-0.3, -0.25) is 0 Å². The van der Waals surface area contributed by atoms with Gasteiger partial charge in [0.15, 0.2) is 5.75 Å². The molecule has 4 nitrogen and oxygen atoms in total. The zero-order valence-corrected chi connectivity index (χ0v) is 22.3. The third kappa shape index (κ3) is 8.91. The number of ether oxygens (including phenoxy) is 1. The average Bonchev–Trinajstić information content (AvgIpc) is 2.50. The second kappa shape index (κ2) is 9.63. The van der Waals surface area contributed by atoms with Crippen molar-refractivity contribution in [3.05, 3.63) is 23.8 Å². The summed E-state index contributed by atoms with van der Waals surface area (Å²) in [5.41, 5.74) is 0.908. The van der Waals surface area contributed by atoms with Gasteiger partial charge in [-0.2, -0.15) is 0 Å². The molecule has 0 heterocycles. The van der Waals surface area contributed by atoms with E-state index in [1.54, 1.807) is 0 Å². The molecular weight excluding hydrogens is 398 g/mol. The second-order valence-electron chi connectivity index (χ2n) is 11.2. The zero-order valence-electron chi connectivity index (χ0n) is 20.5. The molecule has 0 spiro atoms. The highest BCUT2D eigenvalue weighted by Crippen LogP contribution is 2.41. The van der Waals surface area contributed by atoms with Crippen molar-refractivity contribution in [3.8, 4) is 11.5 Å². The van der Waals surface area contributed by atoms with Crippen molar-refractivity contribution >= 4 is 19.7 Å². The first-order valence-electron chi connectivity index (χ1n) is 10.6. The minimum absolute atomic E-state index is 0.124. The summed E-state index contributed by atoms with van der Waals surface area (Å²) in [5, 5.41) is 0.124. The Bertz CT molecular complexity index is 658. The van der Waals surface area contributed by atoms with E-state index >= 15 is 0 Å². The minimum Gasteiger partial charge on any atom is -0.598 e. The van der Waals surface area contributed by atoms with Crippen LogP contribution in [-0.4, -0.2) is 29.8 Å². The van der Waals surface area contributed by atoms with Gasteiger partial charge in [0.25, 0.3) is 8.32 Å². The van der Waals surface area contributed by atoms with Gasteiger partial charge in [0.1, 0.15) is 16.1 Å². The molecule has 1 atom stereocenters. The quantitative estimate of drug-likeness (QED) is 0.295. The fourth-order valence-electron chi connectivity index (χ4n) is 2.30. The summed E-state index contributed by atoms with van der Waals surface area (Å²) in [4.78, 5) is 0. The third-order valence-corrected chi connectivity index (χ3v) is 10.9. The molecule has 0 aliphatic carbocycles. The molecule has 1 unspecified atom stereocenters. The van der Waals surface area contributed by atoms with E-state index in [1.165, 1.54) is 5.56 Å². The van der Waals surface area contributed by atoms with Gasteiger partial charge in [0, 0.05) is 17.9 Å². The first-order chi connectivity index (χ1) is 12.9. The first-order valence-corrected chi connectivity index (χ1v) is 14.6. The monoisotopic (exact) mass is 441 g/mol. The Morgan fingerprint density at radius 3 is 2.03 bits per heavy atom. The van der Waals surface area contributed by atoms with Crippen LogP contribution in [0.1, 0.15) is 74.3 Å². The lowest BCUT2D eigenvalue weighted by atomic mass is 10.1. The Morgan fingerprint density at radius 2 is 1.55 bits per heavy atom. The van der Waals surface area contributed by atoms with Gasteiger partial charge in [-0.25, -0.2) is 0 Å². The Kier molecular flexibility index (Phi) is 8.74. The van der Waals surface area contributed by atoms with E-state index in [0.29, 0.717) is 0 Å². The zero-order chi connectivity index (χ0) is 22.7. The largest absolute Gasteiger partial charge is 0.598 e. The van der Waals surface area contributed by atoms with Crippen molar-refractivity contribution in [3.63, 3.8) is 0 Å². The van der Waals surface area contributed by atoms with E-state index in [-0.39, 0.29) is 15.4 Å². The van der Waals surface area contributed by atoms with Gasteiger partial charge < -0.3 is 13.7 Å². The summed E-state index contributed by atoms with van der Waals surface area (Å²) in [6.07, 6.45) is 1.81. The molecule has 0 aromatic heterocycles. The van der Waals surface area contributed by atoms with E-state index in [1.807, 2.05) is 20.8 Å². The summed E-state index contributed by atoms with van der Waals surface area (Å²) < 4.78 is 27.8. The summed E-state index contributed by atoms with van der Waals surface area (Å²) in [7, 11) is -1.96. The van der Waals surface area contributed by atoms with Gasteiger partial charge in [-0.15, -0.1) is 4.72 Å².